The quantitative estimate of drug-likeness (QED) is 0.666. The Labute approximate surface area is 126 Å². The van der Waals surface area contributed by atoms with Gasteiger partial charge in [0.2, 0.25) is 0 Å². The Morgan fingerprint density at radius 2 is 1.84 bits per heavy atom. The largest absolute Gasteiger partial charge is 0.370 e. The molecule has 0 aliphatic carbocycles. The lowest BCUT2D eigenvalue weighted by Gasteiger charge is -2.40. The van der Waals surface area contributed by atoms with Gasteiger partial charge >= 0.3 is 0 Å². The first-order chi connectivity index (χ1) is 8.91. The van der Waals surface area contributed by atoms with Gasteiger partial charge in [-0.05, 0) is 41.9 Å². The van der Waals surface area contributed by atoms with E-state index in [1.165, 1.54) is 12.8 Å². The van der Waals surface area contributed by atoms with Gasteiger partial charge in [0, 0.05) is 19.0 Å². The van der Waals surface area contributed by atoms with Crippen LogP contribution in [0.5, 0.6) is 0 Å². The smallest absolute Gasteiger partial charge is 0.0642 e. The number of anilines is 1. The number of benzene rings is 1. The first kappa shape index (κ1) is 15.0. The summed E-state index contributed by atoms with van der Waals surface area (Å²) in [6.07, 6.45) is 2.49. The zero-order valence-electron chi connectivity index (χ0n) is 12.0. The van der Waals surface area contributed by atoms with Crippen LogP contribution in [-0.2, 0) is 5.88 Å². The van der Waals surface area contributed by atoms with Gasteiger partial charge < -0.3 is 4.90 Å². The zero-order chi connectivity index (χ0) is 14.0. The minimum atomic E-state index is 0.415. The summed E-state index contributed by atoms with van der Waals surface area (Å²) in [6, 6.07) is 6.17. The van der Waals surface area contributed by atoms with E-state index in [-0.39, 0.29) is 0 Å². The standard InChI is InChI=1S/C16H23Cl2N/c1-16(2,3)13-6-8-19(9-7-13)15-5-4-12(11-17)10-14(15)18/h4-5,10,13H,6-9,11H2,1-3H3. The monoisotopic (exact) mass is 299 g/mol. The van der Waals surface area contributed by atoms with Crippen LogP contribution in [0.2, 0.25) is 5.02 Å². The van der Waals surface area contributed by atoms with Crippen molar-refractivity contribution in [1.29, 1.82) is 0 Å². The third kappa shape index (κ3) is 3.58. The van der Waals surface area contributed by atoms with Crippen molar-refractivity contribution in [3.8, 4) is 0 Å². The van der Waals surface area contributed by atoms with E-state index in [0.29, 0.717) is 11.3 Å². The fraction of sp³-hybridized carbons (Fsp3) is 0.625. The molecule has 2 rings (SSSR count). The minimum Gasteiger partial charge on any atom is -0.370 e. The highest BCUT2D eigenvalue weighted by molar-refractivity contribution is 6.33. The van der Waals surface area contributed by atoms with Crippen LogP contribution in [0.25, 0.3) is 0 Å². The molecule has 3 heteroatoms. The molecule has 1 aromatic rings. The molecule has 0 atom stereocenters. The lowest BCUT2D eigenvalue weighted by atomic mass is 9.75. The van der Waals surface area contributed by atoms with E-state index in [0.717, 1.165) is 35.3 Å². The summed E-state index contributed by atoms with van der Waals surface area (Å²) >= 11 is 12.2. The summed E-state index contributed by atoms with van der Waals surface area (Å²) in [4.78, 5) is 2.41. The molecule has 0 amide bonds. The first-order valence-electron chi connectivity index (χ1n) is 7.01. The van der Waals surface area contributed by atoms with Crippen LogP contribution >= 0.6 is 23.2 Å². The number of nitrogens with zero attached hydrogens (tertiary/aromatic N) is 1. The molecular formula is C16H23Cl2N. The third-order valence-corrected chi connectivity index (χ3v) is 4.84. The Balaban J connectivity index is 2.06. The molecule has 0 unspecified atom stereocenters. The normalized spacial score (nSPS) is 17.8. The SMILES string of the molecule is CC(C)(C)C1CCN(c2ccc(CCl)cc2Cl)CC1. The van der Waals surface area contributed by atoms with E-state index in [1.54, 1.807) is 0 Å². The fourth-order valence-corrected chi connectivity index (χ4v) is 3.37. The van der Waals surface area contributed by atoms with Gasteiger partial charge in [0.1, 0.15) is 0 Å². The number of halogens is 2. The predicted octanol–water partition coefficient (Wildman–Crippen LogP) is 5.34. The summed E-state index contributed by atoms with van der Waals surface area (Å²) in [5.74, 6) is 1.33. The fourth-order valence-electron chi connectivity index (χ4n) is 2.88. The van der Waals surface area contributed by atoms with Crippen molar-refractivity contribution in [3.63, 3.8) is 0 Å². The summed E-state index contributed by atoms with van der Waals surface area (Å²) < 4.78 is 0. The molecule has 1 aromatic carbocycles. The van der Waals surface area contributed by atoms with Gasteiger partial charge in [-0.2, -0.15) is 0 Å². The number of rotatable bonds is 2. The van der Waals surface area contributed by atoms with E-state index >= 15 is 0 Å². The van der Waals surface area contributed by atoms with Crippen LogP contribution in [0.1, 0.15) is 39.2 Å². The highest BCUT2D eigenvalue weighted by Crippen LogP contribution is 2.37. The molecule has 1 aliphatic rings. The van der Waals surface area contributed by atoms with E-state index in [2.05, 4.69) is 37.8 Å². The molecule has 0 aromatic heterocycles. The summed E-state index contributed by atoms with van der Waals surface area (Å²) in [7, 11) is 0. The Morgan fingerprint density at radius 3 is 2.32 bits per heavy atom. The van der Waals surface area contributed by atoms with Gasteiger partial charge in [0.25, 0.3) is 0 Å². The Hall–Kier alpha value is -0.400. The summed E-state index contributed by atoms with van der Waals surface area (Å²) in [5.41, 5.74) is 2.65. The van der Waals surface area contributed by atoms with Crippen LogP contribution in [0.15, 0.2) is 18.2 Å². The Morgan fingerprint density at radius 1 is 1.21 bits per heavy atom. The number of hydrogen-bond donors (Lipinski definition) is 0. The molecule has 1 heterocycles. The minimum absolute atomic E-state index is 0.415. The molecule has 0 radical (unpaired) electrons. The van der Waals surface area contributed by atoms with Gasteiger partial charge in [0.15, 0.2) is 0 Å². The second-order valence-corrected chi connectivity index (χ2v) is 7.22. The Kier molecular flexibility index (Phi) is 4.68. The maximum absolute atomic E-state index is 6.37. The van der Waals surface area contributed by atoms with E-state index < -0.39 is 0 Å². The van der Waals surface area contributed by atoms with Crippen LogP contribution < -0.4 is 4.90 Å². The van der Waals surface area contributed by atoms with Crippen molar-refractivity contribution in [2.24, 2.45) is 11.3 Å². The van der Waals surface area contributed by atoms with Crippen LogP contribution in [0.3, 0.4) is 0 Å². The van der Waals surface area contributed by atoms with Crippen molar-refractivity contribution >= 4 is 28.9 Å². The topological polar surface area (TPSA) is 3.24 Å². The average Bonchev–Trinajstić information content (AvgIpc) is 2.37. The highest BCUT2D eigenvalue weighted by Gasteiger charge is 2.29. The first-order valence-corrected chi connectivity index (χ1v) is 7.92. The van der Waals surface area contributed by atoms with Gasteiger partial charge in [-0.15, -0.1) is 11.6 Å². The lowest BCUT2D eigenvalue weighted by Crippen LogP contribution is -2.38. The van der Waals surface area contributed by atoms with Gasteiger partial charge in [0.05, 0.1) is 10.7 Å². The van der Waals surface area contributed by atoms with E-state index in [9.17, 15) is 0 Å². The van der Waals surface area contributed by atoms with Gasteiger partial charge in [-0.25, -0.2) is 0 Å². The lowest BCUT2D eigenvalue weighted by molar-refractivity contribution is 0.199. The second-order valence-electron chi connectivity index (χ2n) is 6.55. The maximum atomic E-state index is 6.37. The van der Waals surface area contributed by atoms with Gasteiger partial charge in [-0.1, -0.05) is 38.4 Å². The molecule has 1 fully saturated rings. The zero-order valence-corrected chi connectivity index (χ0v) is 13.6. The molecule has 0 N–H and O–H groups in total. The van der Waals surface area contributed by atoms with E-state index in [4.69, 9.17) is 23.2 Å². The van der Waals surface area contributed by atoms with Crippen molar-refractivity contribution in [1.82, 2.24) is 0 Å². The molecule has 0 saturated carbocycles. The van der Waals surface area contributed by atoms with Crippen LogP contribution in [-0.4, -0.2) is 13.1 Å². The van der Waals surface area contributed by atoms with Crippen molar-refractivity contribution < 1.29 is 0 Å². The van der Waals surface area contributed by atoms with Crippen LogP contribution in [0.4, 0.5) is 5.69 Å². The Bertz CT molecular complexity index is 429. The molecule has 19 heavy (non-hydrogen) atoms. The average molecular weight is 300 g/mol. The number of piperidine rings is 1. The maximum Gasteiger partial charge on any atom is 0.0642 e. The van der Waals surface area contributed by atoms with Gasteiger partial charge in [-0.3, -0.25) is 0 Å². The molecule has 1 nitrogen and oxygen atoms in total. The van der Waals surface area contributed by atoms with Crippen molar-refractivity contribution in [2.45, 2.75) is 39.5 Å². The third-order valence-electron chi connectivity index (χ3n) is 4.23. The highest BCUT2D eigenvalue weighted by atomic mass is 35.5. The molecule has 1 saturated heterocycles. The van der Waals surface area contributed by atoms with Crippen LogP contribution in [0, 0.1) is 11.3 Å². The molecule has 0 bridgehead atoms. The van der Waals surface area contributed by atoms with Crippen molar-refractivity contribution in [3.05, 3.63) is 28.8 Å². The molecule has 106 valence electrons. The van der Waals surface area contributed by atoms with E-state index in [1.807, 2.05) is 6.07 Å². The molecule has 1 aliphatic heterocycles. The second kappa shape index (κ2) is 5.93. The molecule has 0 spiro atoms. The summed E-state index contributed by atoms with van der Waals surface area (Å²) in [5, 5.41) is 0.826. The number of alkyl halides is 1. The molecular weight excluding hydrogens is 277 g/mol. The van der Waals surface area contributed by atoms with Crippen molar-refractivity contribution in [2.75, 3.05) is 18.0 Å². The number of hydrogen-bond acceptors (Lipinski definition) is 1. The summed E-state index contributed by atoms with van der Waals surface area (Å²) in [6.45, 7) is 9.23. The predicted molar refractivity (Wildman–Crippen MR) is 85.4 cm³/mol.